The van der Waals surface area contributed by atoms with E-state index >= 15 is 0 Å². The Morgan fingerprint density at radius 2 is 0.955 bits per heavy atom. The van der Waals surface area contributed by atoms with Gasteiger partial charge in [-0.15, -0.1) is 0 Å². The van der Waals surface area contributed by atoms with Crippen LogP contribution in [0.1, 0.15) is 5.56 Å². The second-order valence-electron chi connectivity index (χ2n) is 5.88. The van der Waals surface area contributed by atoms with E-state index in [2.05, 4.69) is 91.8 Å². The van der Waals surface area contributed by atoms with Crippen LogP contribution < -0.4 is 0 Å². The maximum atomic E-state index is 2.21. The summed E-state index contributed by atoms with van der Waals surface area (Å²) in [6, 6.07) is 28.1. The summed E-state index contributed by atoms with van der Waals surface area (Å²) < 4.78 is 0. The number of hydrogen-bond donors (Lipinski definition) is 0. The van der Waals surface area contributed by atoms with Gasteiger partial charge in [0.15, 0.2) is 0 Å². The predicted molar refractivity (Wildman–Crippen MR) is 94.7 cm³/mol. The van der Waals surface area contributed by atoms with E-state index in [1.807, 2.05) is 6.07 Å². The lowest BCUT2D eigenvalue weighted by Crippen LogP contribution is -2.10. The molecule has 0 spiro atoms. The third-order valence-corrected chi connectivity index (χ3v) is 3.78. The molecule has 0 amide bonds. The third kappa shape index (κ3) is 3.44. The van der Waals surface area contributed by atoms with Gasteiger partial charge >= 0.3 is 0 Å². The van der Waals surface area contributed by atoms with Gasteiger partial charge in [-0.25, -0.2) is 0 Å². The Balaban J connectivity index is 1.81. The van der Waals surface area contributed by atoms with E-state index in [0.29, 0.717) is 0 Å². The first-order chi connectivity index (χ1) is 10.7. The van der Waals surface area contributed by atoms with E-state index in [0.717, 1.165) is 6.54 Å². The number of benzene rings is 3. The van der Waals surface area contributed by atoms with E-state index in [9.17, 15) is 0 Å². The molecule has 0 aliphatic heterocycles. The van der Waals surface area contributed by atoms with Crippen molar-refractivity contribution in [3.05, 3.63) is 84.4 Å². The summed E-state index contributed by atoms with van der Waals surface area (Å²) in [5.74, 6) is 0. The molecule has 0 fully saturated rings. The molecule has 22 heavy (non-hydrogen) atoms. The number of rotatable bonds is 4. The predicted octanol–water partition coefficient (Wildman–Crippen LogP) is 5.08. The molecule has 0 aromatic heterocycles. The summed E-state index contributed by atoms with van der Waals surface area (Å²) >= 11 is 0. The van der Waals surface area contributed by atoms with Crippen LogP contribution in [0, 0.1) is 0 Å². The van der Waals surface area contributed by atoms with Crippen LogP contribution in [0.5, 0.6) is 0 Å². The molecule has 0 aliphatic carbocycles. The van der Waals surface area contributed by atoms with Crippen molar-refractivity contribution in [1.29, 1.82) is 0 Å². The maximum Gasteiger partial charge on any atom is 0.0227 e. The summed E-state index contributed by atoms with van der Waals surface area (Å²) in [6.07, 6.45) is 0. The average molecular weight is 287 g/mol. The molecule has 0 saturated heterocycles. The largest absolute Gasteiger partial charge is 0.305 e. The van der Waals surface area contributed by atoms with E-state index < -0.39 is 0 Å². The van der Waals surface area contributed by atoms with Gasteiger partial charge in [0.1, 0.15) is 0 Å². The molecular formula is C21H21N. The normalized spacial score (nSPS) is 10.9. The first-order valence-electron chi connectivity index (χ1n) is 7.62. The molecular weight excluding hydrogens is 266 g/mol. The molecule has 0 atom stereocenters. The van der Waals surface area contributed by atoms with Gasteiger partial charge in [0, 0.05) is 6.54 Å². The Kier molecular flexibility index (Phi) is 4.36. The molecule has 3 rings (SSSR count). The summed E-state index contributed by atoms with van der Waals surface area (Å²) in [7, 11) is 4.19. The summed E-state index contributed by atoms with van der Waals surface area (Å²) in [5.41, 5.74) is 6.39. The van der Waals surface area contributed by atoms with Gasteiger partial charge in [-0.05, 0) is 41.9 Å². The fourth-order valence-corrected chi connectivity index (χ4v) is 2.65. The lowest BCUT2D eigenvalue weighted by atomic mass is 9.99. The Labute approximate surface area is 132 Å². The first kappa shape index (κ1) is 14.6. The minimum absolute atomic E-state index is 0.979. The zero-order chi connectivity index (χ0) is 15.4. The van der Waals surface area contributed by atoms with Crippen molar-refractivity contribution in [2.75, 3.05) is 14.1 Å². The van der Waals surface area contributed by atoms with Gasteiger partial charge < -0.3 is 4.90 Å². The standard InChI is InChI=1S/C21H21N/c1-22(2)16-17-8-10-19(11-9-17)21-14-12-20(13-15-21)18-6-4-3-5-7-18/h3-15H,16H2,1-2H3. The zero-order valence-corrected chi connectivity index (χ0v) is 13.2. The van der Waals surface area contributed by atoms with Gasteiger partial charge in [0.05, 0.1) is 0 Å². The quantitative estimate of drug-likeness (QED) is 0.646. The topological polar surface area (TPSA) is 3.24 Å². The number of hydrogen-bond acceptors (Lipinski definition) is 1. The van der Waals surface area contributed by atoms with Crippen LogP contribution in [0.2, 0.25) is 0 Å². The molecule has 0 aliphatic rings. The van der Waals surface area contributed by atoms with Crippen molar-refractivity contribution in [2.24, 2.45) is 0 Å². The maximum absolute atomic E-state index is 2.21. The van der Waals surface area contributed by atoms with Gasteiger partial charge in [-0.2, -0.15) is 0 Å². The highest BCUT2D eigenvalue weighted by atomic mass is 15.0. The Morgan fingerprint density at radius 1 is 0.545 bits per heavy atom. The van der Waals surface area contributed by atoms with Crippen LogP contribution >= 0.6 is 0 Å². The van der Waals surface area contributed by atoms with E-state index in [4.69, 9.17) is 0 Å². The third-order valence-electron chi connectivity index (χ3n) is 3.78. The van der Waals surface area contributed by atoms with E-state index in [-0.39, 0.29) is 0 Å². The van der Waals surface area contributed by atoms with Gasteiger partial charge in [0.2, 0.25) is 0 Å². The molecule has 1 nitrogen and oxygen atoms in total. The van der Waals surface area contributed by atoms with Crippen molar-refractivity contribution in [3.8, 4) is 22.3 Å². The molecule has 0 N–H and O–H groups in total. The second-order valence-corrected chi connectivity index (χ2v) is 5.88. The minimum atomic E-state index is 0.979. The summed E-state index contributed by atoms with van der Waals surface area (Å²) in [5, 5.41) is 0. The van der Waals surface area contributed by atoms with Crippen molar-refractivity contribution >= 4 is 0 Å². The van der Waals surface area contributed by atoms with E-state index in [1.165, 1.54) is 27.8 Å². The Bertz CT molecular complexity index is 710. The summed E-state index contributed by atoms with van der Waals surface area (Å²) in [4.78, 5) is 2.18. The molecule has 1 heteroatoms. The second kappa shape index (κ2) is 6.59. The van der Waals surface area contributed by atoms with Crippen molar-refractivity contribution in [1.82, 2.24) is 4.90 Å². The highest BCUT2D eigenvalue weighted by molar-refractivity contribution is 5.70. The molecule has 110 valence electrons. The lowest BCUT2D eigenvalue weighted by molar-refractivity contribution is 0.402. The van der Waals surface area contributed by atoms with Gasteiger partial charge in [0.25, 0.3) is 0 Å². The number of nitrogens with zero attached hydrogens (tertiary/aromatic N) is 1. The highest BCUT2D eigenvalue weighted by Gasteiger charge is 2.01. The molecule has 3 aromatic carbocycles. The Hall–Kier alpha value is -2.38. The van der Waals surface area contributed by atoms with Crippen LogP contribution in [0.15, 0.2) is 78.9 Å². The zero-order valence-electron chi connectivity index (χ0n) is 13.2. The van der Waals surface area contributed by atoms with Crippen molar-refractivity contribution in [3.63, 3.8) is 0 Å². The summed E-state index contributed by atoms with van der Waals surface area (Å²) in [6.45, 7) is 0.979. The average Bonchev–Trinajstić information content (AvgIpc) is 2.56. The van der Waals surface area contributed by atoms with Crippen LogP contribution in [0.4, 0.5) is 0 Å². The van der Waals surface area contributed by atoms with Gasteiger partial charge in [-0.3, -0.25) is 0 Å². The van der Waals surface area contributed by atoms with Gasteiger partial charge in [-0.1, -0.05) is 78.9 Å². The van der Waals surface area contributed by atoms with Crippen LogP contribution in [-0.2, 0) is 6.54 Å². The Morgan fingerprint density at radius 3 is 1.41 bits per heavy atom. The molecule has 0 radical (unpaired) electrons. The van der Waals surface area contributed by atoms with E-state index in [1.54, 1.807) is 0 Å². The molecule has 0 saturated carbocycles. The fourth-order valence-electron chi connectivity index (χ4n) is 2.65. The molecule has 0 bridgehead atoms. The smallest absolute Gasteiger partial charge is 0.0227 e. The SMILES string of the molecule is CN(C)Cc1ccc(-c2ccc(-c3ccccc3)cc2)cc1. The lowest BCUT2D eigenvalue weighted by Gasteiger charge is -2.10. The van der Waals surface area contributed by atoms with Crippen molar-refractivity contribution < 1.29 is 0 Å². The highest BCUT2D eigenvalue weighted by Crippen LogP contribution is 2.25. The monoisotopic (exact) mass is 287 g/mol. The molecule has 3 aromatic rings. The molecule has 0 heterocycles. The first-order valence-corrected chi connectivity index (χ1v) is 7.62. The van der Waals surface area contributed by atoms with Crippen LogP contribution in [0.3, 0.4) is 0 Å². The van der Waals surface area contributed by atoms with Crippen LogP contribution in [0.25, 0.3) is 22.3 Å². The minimum Gasteiger partial charge on any atom is -0.305 e. The van der Waals surface area contributed by atoms with Crippen molar-refractivity contribution in [2.45, 2.75) is 6.54 Å². The molecule has 0 unspecified atom stereocenters. The van der Waals surface area contributed by atoms with Crippen LogP contribution in [-0.4, -0.2) is 19.0 Å². The fraction of sp³-hybridized carbons (Fsp3) is 0.143.